The molecule has 0 spiro atoms. The molecule has 0 unspecified atom stereocenters. The Balaban J connectivity index is 2.31. The van der Waals surface area contributed by atoms with E-state index in [0.717, 1.165) is 0 Å². The molecule has 0 aliphatic heterocycles. The van der Waals surface area contributed by atoms with Crippen LogP contribution in [0.4, 0.5) is 0 Å². The maximum Gasteiger partial charge on any atom is 0.274 e. The molecule has 0 aliphatic rings. The molecule has 0 saturated heterocycles. The van der Waals surface area contributed by atoms with Crippen molar-refractivity contribution in [1.29, 1.82) is 0 Å². The molecule has 1 aromatic carbocycles. The van der Waals surface area contributed by atoms with Crippen molar-refractivity contribution in [3.63, 3.8) is 0 Å². The molecular formula is C10H9ClN2O2. The lowest BCUT2D eigenvalue weighted by Crippen LogP contribution is -2.25. The first-order valence-electron chi connectivity index (χ1n) is 4.51. The van der Waals surface area contributed by atoms with Gasteiger partial charge in [0.05, 0.1) is 5.39 Å². The van der Waals surface area contributed by atoms with Crippen LogP contribution in [-0.4, -0.2) is 23.5 Å². The van der Waals surface area contributed by atoms with Gasteiger partial charge in [0.1, 0.15) is 0 Å². The molecule has 0 bridgehead atoms. The van der Waals surface area contributed by atoms with Crippen LogP contribution in [0.1, 0.15) is 10.5 Å². The summed E-state index contributed by atoms with van der Waals surface area (Å²) in [5, 5.41) is 7.06. The number of nitrogens with one attached hydrogen (secondary N) is 1. The van der Waals surface area contributed by atoms with Crippen LogP contribution in [-0.2, 0) is 0 Å². The van der Waals surface area contributed by atoms with Gasteiger partial charge in [-0.3, -0.25) is 4.79 Å². The normalized spacial score (nSPS) is 10.5. The predicted molar refractivity (Wildman–Crippen MR) is 57.1 cm³/mol. The molecule has 5 heteroatoms. The highest BCUT2D eigenvalue weighted by Crippen LogP contribution is 2.17. The number of rotatable bonds is 3. The summed E-state index contributed by atoms with van der Waals surface area (Å²) in [6, 6.07) is 7.22. The lowest BCUT2D eigenvalue weighted by molar-refractivity contribution is 0.0948. The van der Waals surface area contributed by atoms with Crippen molar-refractivity contribution < 1.29 is 9.32 Å². The Bertz CT molecular complexity index is 481. The third-order valence-electron chi connectivity index (χ3n) is 1.97. The predicted octanol–water partition coefficient (Wildman–Crippen LogP) is 1.80. The second-order valence-corrected chi connectivity index (χ2v) is 3.35. The van der Waals surface area contributed by atoms with E-state index in [0.29, 0.717) is 29.1 Å². The Morgan fingerprint density at radius 3 is 3.07 bits per heavy atom. The van der Waals surface area contributed by atoms with Crippen molar-refractivity contribution >= 4 is 28.5 Å². The summed E-state index contributed by atoms with van der Waals surface area (Å²) in [6.07, 6.45) is 0. The number of carbonyl (C=O) groups is 1. The van der Waals surface area contributed by atoms with E-state index in [2.05, 4.69) is 10.5 Å². The molecule has 78 valence electrons. The van der Waals surface area contributed by atoms with E-state index in [4.69, 9.17) is 16.1 Å². The van der Waals surface area contributed by atoms with Gasteiger partial charge in [0, 0.05) is 12.4 Å². The topological polar surface area (TPSA) is 55.1 Å². The standard InChI is InChI=1S/C10H9ClN2O2/c11-5-6-12-10(14)9-7-3-1-2-4-8(7)15-13-9/h1-4H,5-6H2,(H,12,14). The van der Waals surface area contributed by atoms with Gasteiger partial charge in [-0.15, -0.1) is 11.6 Å². The summed E-state index contributed by atoms with van der Waals surface area (Å²) in [5.41, 5.74) is 0.907. The highest BCUT2D eigenvalue weighted by molar-refractivity contribution is 6.18. The zero-order valence-electron chi connectivity index (χ0n) is 7.87. The molecule has 0 fully saturated rings. The fraction of sp³-hybridized carbons (Fsp3) is 0.200. The van der Waals surface area contributed by atoms with Gasteiger partial charge in [0.15, 0.2) is 11.3 Å². The molecule has 4 nitrogen and oxygen atoms in total. The largest absolute Gasteiger partial charge is 0.355 e. The smallest absolute Gasteiger partial charge is 0.274 e. The fourth-order valence-electron chi connectivity index (χ4n) is 1.29. The Morgan fingerprint density at radius 1 is 1.47 bits per heavy atom. The average Bonchev–Trinajstić information content (AvgIpc) is 2.69. The van der Waals surface area contributed by atoms with E-state index in [-0.39, 0.29) is 5.91 Å². The third kappa shape index (κ3) is 1.94. The number of halogens is 1. The van der Waals surface area contributed by atoms with Crippen LogP contribution in [0.3, 0.4) is 0 Å². The Morgan fingerprint density at radius 2 is 2.27 bits per heavy atom. The minimum absolute atomic E-state index is 0.263. The molecule has 0 atom stereocenters. The minimum Gasteiger partial charge on any atom is -0.355 e. The molecule has 0 radical (unpaired) electrons. The lowest BCUT2D eigenvalue weighted by Gasteiger charge is -1.98. The Labute approximate surface area is 91.2 Å². The van der Waals surface area contributed by atoms with Gasteiger partial charge in [-0.1, -0.05) is 17.3 Å². The van der Waals surface area contributed by atoms with E-state index in [1.165, 1.54) is 0 Å². The molecule has 1 aromatic heterocycles. The summed E-state index contributed by atoms with van der Waals surface area (Å²) in [6.45, 7) is 0.418. The van der Waals surface area contributed by atoms with Gasteiger partial charge in [-0.2, -0.15) is 0 Å². The Kier molecular flexibility index (Phi) is 2.87. The molecular weight excluding hydrogens is 216 g/mol. The number of fused-ring (bicyclic) bond motifs is 1. The maximum atomic E-state index is 11.6. The van der Waals surface area contributed by atoms with Crippen LogP contribution in [0.25, 0.3) is 11.0 Å². The molecule has 1 heterocycles. The van der Waals surface area contributed by atoms with Crippen molar-refractivity contribution in [2.24, 2.45) is 0 Å². The molecule has 1 N–H and O–H groups in total. The number of hydrogen-bond donors (Lipinski definition) is 1. The first-order valence-corrected chi connectivity index (χ1v) is 5.05. The van der Waals surface area contributed by atoms with Crippen molar-refractivity contribution in [3.8, 4) is 0 Å². The summed E-state index contributed by atoms with van der Waals surface area (Å²) in [4.78, 5) is 11.6. The minimum atomic E-state index is -0.263. The van der Waals surface area contributed by atoms with Crippen LogP contribution in [0.15, 0.2) is 28.8 Å². The fourth-order valence-corrected chi connectivity index (χ4v) is 1.39. The van der Waals surface area contributed by atoms with Crippen molar-refractivity contribution in [3.05, 3.63) is 30.0 Å². The molecule has 15 heavy (non-hydrogen) atoms. The van der Waals surface area contributed by atoms with E-state index in [1.807, 2.05) is 12.1 Å². The van der Waals surface area contributed by atoms with E-state index in [1.54, 1.807) is 12.1 Å². The number of benzene rings is 1. The number of nitrogens with zero attached hydrogens (tertiary/aromatic N) is 1. The summed E-state index contributed by atoms with van der Waals surface area (Å²) < 4.78 is 5.01. The number of para-hydroxylation sites is 1. The third-order valence-corrected chi connectivity index (χ3v) is 2.16. The van der Waals surface area contributed by atoms with Crippen molar-refractivity contribution in [1.82, 2.24) is 10.5 Å². The van der Waals surface area contributed by atoms with E-state index < -0.39 is 0 Å². The van der Waals surface area contributed by atoms with Crippen LogP contribution in [0.2, 0.25) is 0 Å². The van der Waals surface area contributed by atoms with E-state index >= 15 is 0 Å². The molecule has 0 aliphatic carbocycles. The summed E-state index contributed by atoms with van der Waals surface area (Å²) in [5.74, 6) is 0.113. The van der Waals surface area contributed by atoms with Gasteiger partial charge in [-0.05, 0) is 12.1 Å². The van der Waals surface area contributed by atoms with Gasteiger partial charge in [-0.25, -0.2) is 0 Å². The van der Waals surface area contributed by atoms with Crippen LogP contribution >= 0.6 is 11.6 Å². The molecule has 0 saturated carbocycles. The van der Waals surface area contributed by atoms with Crippen molar-refractivity contribution in [2.45, 2.75) is 0 Å². The van der Waals surface area contributed by atoms with Crippen LogP contribution < -0.4 is 5.32 Å². The first-order chi connectivity index (χ1) is 7.33. The second kappa shape index (κ2) is 4.31. The van der Waals surface area contributed by atoms with Gasteiger partial charge in [0.25, 0.3) is 5.91 Å². The van der Waals surface area contributed by atoms with Crippen molar-refractivity contribution in [2.75, 3.05) is 12.4 Å². The number of alkyl halides is 1. The number of aromatic nitrogens is 1. The summed E-state index contributed by atoms with van der Waals surface area (Å²) in [7, 11) is 0. The number of amides is 1. The lowest BCUT2D eigenvalue weighted by atomic mass is 10.2. The quantitative estimate of drug-likeness (QED) is 0.809. The van der Waals surface area contributed by atoms with Gasteiger partial charge >= 0.3 is 0 Å². The SMILES string of the molecule is O=C(NCCCl)c1noc2ccccc12. The van der Waals surface area contributed by atoms with Crippen LogP contribution in [0.5, 0.6) is 0 Å². The molecule has 2 rings (SSSR count). The number of carbonyl (C=O) groups excluding carboxylic acids is 1. The van der Waals surface area contributed by atoms with Gasteiger partial charge in [0.2, 0.25) is 0 Å². The molecule has 1 amide bonds. The van der Waals surface area contributed by atoms with Crippen LogP contribution in [0, 0.1) is 0 Å². The van der Waals surface area contributed by atoms with E-state index in [9.17, 15) is 4.79 Å². The number of hydrogen-bond acceptors (Lipinski definition) is 3. The first kappa shape index (κ1) is 9.98. The zero-order valence-corrected chi connectivity index (χ0v) is 8.62. The monoisotopic (exact) mass is 224 g/mol. The second-order valence-electron chi connectivity index (χ2n) is 2.97. The highest BCUT2D eigenvalue weighted by Gasteiger charge is 2.14. The van der Waals surface area contributed by atoms with Gasteiger partial charge < -0.3 is 9.84 Å². The Hall–Kier alpha value is -1.55. The maximum absolute atomic E-state index is 11.6. The zero-order chi connectivity index (χ0) is 10.7. The molecule has 2 aromatic rings. The highest BCUT2D eigenvalue weighted by atomic mass is 35.5. The summed E-state index contributed by atoms with van der Waals surface area (Å²) >= 11 is 5.47. The average molecular weight is 225 g/mol.